The van der Waals surface area contributed by atoms with E-state index < -0.39 is 11.2 Å². The van der Waals surface area contributed by atoms with Gasteiger partial charge in [0.05, 0.1) is 10.9 Å². The van der Waals surface area contributed by atoms with Crippen LogP contribution in [0, 0.1) is 13.8 Å². The summed E-state index contributed by atoms with van der Waals surface area (Å²) in [5.74, 6) is 0.430. The Labute approximate surface area is 172 Å². The van der Waals surface area contributed by atoms with Gasteiger partial charge in [0, 0.05) is 29.9 Å². The molecule has 3 rings (SSSR count). The monoisotopic (exact) mass is 412 g/mol. The summed E-state index contributed by atoms with van der Waals surface area (Å²) < 4.78 is 1.42. The van der Waals surface area contributed by atoms with Crippen molar-refractivity contribution in [1.29, 1.82) is 0 Å². The van der Waals surface area contributed by atoms with Crippen LogP contribution >= 0.6 is 11.8 Å². The number of rotatable bonds is 7. The molecule has 2 aromatic heterocycles. The standard InChI is InChI=1S/C21H24N4O3S/c1-4-8-25-18-17(20(27)24-21(25)28)11-15(12-23-18)19(26)22-7-9-29-16-6-5-13(2)14(3)10-16/h5-6,10-12H,4,7-9H2,1-3H3,(H,22,26)(H,24,27,28). The predicted molar refractivity (Wildman–Crippen MR) is 116 cm³/mol. The summed E-state index contributed by atoms with van der Waals surface area (Å²) >= 11 is 1.67. The Morgan fingerprint density at radius 3 is 2.72 bits per heavy atom. The van der Waals surface area contributed by atoms with Crippen molar-refractivity contribution in [2.75, 3.05) is 12.3 Å². The summed E-state index contributed by atoms with van der Waals surface area (Å²) in [6.07, 6.45) is 2.13. The van der Waals surface area contributed by atoms with Crippen molar-refractivity contribution in [3.8, 4) is 0 Å². The molecule has 0 radical (unpaired) electrons. The van der Waals surface area contributed by atoms with Gasteiger partial charge in [-0.15, -0.1) is 11.8 Å². The fraction of sp³-hybridized carbons (Fsp3) is 0.333. The number of amides is 1. The normalized spacial score (nSPS) is 11.0. The first kappa shape index (κ1) is 20.9. The number of nitrogens with one attached hydrogen (secondary N) is 2. The number of aryl methyl sites for hydroxylation is 3. The number of aromatic nitrogens is 3. The van der Waals surface area contributed by atoms with E-state index in [-0.39, 0.29) is 11.3 Å². The van der Waals surface area contributed by atoms with Crippen LogP contribution in [0.1, 0.15) is 34.8 Å². The van der Waals surface area contributed by atoms with Gasteiger partial charge in [0.15, 0.2) is 0 Å². The number of fused-ring (bicyclic) bond motifs is 1. The number of aromatic amines is 1. The lowest BCUT2D eigenvalue weighted by Crippen LogP contribution is -2.31. The van der Waals surface area contributed by atoms with Crippen LogP contribution in [-0.4, -0.2) is 32.7 Å². The average Bonchev–Trinajstić information content (AvgIpc) is 2.70. The Balaban J connectivity index is 1.68. The van der Waals surface area contributed by atoms with E-state index in [1.165, 1.54) is 28.0 Å². The summed E-state index contributed by atoms with van der Waals surface area (Å²) in [6.45, 7) is 7.02. The van der Waals surface area contributed by atoms with Gasteiger partial charge in [0.25, 0.3) is 11.5 Å². The molecule has 0 aliphatic carbocycles. The van der Waals surface area contributed by atoms with E-state index in [0.717, 1.165) is 17.1 Å². The second kappa shape index (κ2) is 9.09. The number of pyridine rings is 1. The summed E-state index contributed by atoms with van der Waals surface area (Å²) in [5.41, 5.74) is 2.06. The lowest BCUT2D eigenvalue weighted by atomic mass is 10.1. The van der Waals surface area contributed by atoms with E-state index in [1.807, 2.05) is 6.92 Å². The van der Waals surface area contributed by atoms with Gasteiger partial charge in [-0.1, -0.05) is 13.0 Å². The quantitative estimate of drug-likeness (QED) is 0.459. The number of benzene rings is 1. The van der Waals surface area contributed by atoms with Crippen LogP contribution in [0.5, 0.6) is 0 Å². The fourth-order valence-electron chi connectivity index (χ4n) is 2.96. The van der Waals surface area contributed by atoms with Crippen LogP contribution in [0.2, 0.25) is 0 Å². The first-order valence-electron chi connectivity index (χ1n) is 9.52. The van der Waals surface area contributed by atoms with E-state index in [1.54, 1.807) is 11.8 Å². The molecule has 0 aliphatic rings. The summed E-state index contributed by atoms with van der Waals surface area (Å²) in [4.78, 5) is 44.2. The van der Waals surface area contributed by atoms with Crippen molar-refractivity contribution < 1.29 is 4.79 Å². The minimum atomic E-state index is -0.537. The highest BCUT2D eigenvalue weighted by molar-refractivity contribution is 7.99. The topological polar surface area (TPSA) is 96.9 Å². The van der Waals surface area contributed by atoms with Gasteiger partial charge in [-0.25, -0.2) is 9.78 Å². The Morgan fingerprint density at radius 2 is 2.00 bits per heavy atom. The Morgan fingerprint density at radius 1 is 1.21 bits per heavy atom. The van der Waals surface area contributed by atoms with E-state index in [9.17, 15) is 14.4 Å². The van der Waals surface area contributed by atoms with Crippen molar-refractivity contribution in [2.45, 2.75) is 38.6 Å². The molecule has 2 N–H and O–H groups in total. The first-order valence-corrected chi connectivity index (χ1v) is 10.5. The molecule has 0 fully saturated rings. The van der Waals surface area contributed by atoms with E-state index in [4.69, 9.17) is 0 Å². The summed E-state index contributed by atoms with van der Waals surface area (Å²) in [6, 6.07) is 7.78. The third-order valence-electron chi connectivity index (χ3n) is 4.68. The zero-order chi connectivity index (χ0) is 21.0. The van der Waals surface area contributed by atoms with E-state index in [0.29, 0.717) is 24.3 Å². The smallest absolute Gasteiger partial charge is 0.329 e. The second-order valence-electron chi connectivity index (χ2n) is 6.86. The zero-order valence-corrected chi connectivity index (χ0v) is 17.6. The number of carbonyl (C=O) groups is 1. The Hall–Kier alpha value is -2.87. The highest BCUT2D eigenvalue weighted by Crippen LogP contribution is 2.20. The molecule has 0 unspecified atom stereocenters. The molecule has 2 heterocycles. The number of thioether (sulfide) groups is 1. The molecule has 0 atom stereocenters. The van der Waals surface area contributed by atoms with Crippen molar-refractivity contribution in [3.63, 3.8) is 0 Å². The van der Waals surface area contributed by atoms with Gasteiger partial charge >= 0.3 is 5.69 Å². The maximum absolute atomic E-state index is 12.4. The van der Waals surface area contributed by atoms with Gasteiger partial charge < -0.3 is 5.32 Å². The lowest BCUT2D eigenvalue weighted by molar-refractivity contribution is 0.0956. The molecule has 29 heavy (non-hydrogen) atoms. The van der Waals surface area contributed by atoms with Crippen molar-refractivity contribution >= 4 is 28.7 Å². The Kier molecular flexibility index (Phi) is 6.53. The third-order valence-corrected chi connectivity index (χ3v) is 5.67. The third kappa shape index (κ3) is 4.76. The van der Waals surface area contributed by atoms with Crippen molar-refractivity contribution in [1.82, 2.24) is 19.9 Å². The molecule has 0 aliphatic heterocycles. The van der Waals surface area contributed by atoms with Crippen LogP contribution in [0.15, 0.2) is 44.9 Å². The molecule has 8 heteroatoms. The van der Waals surface area contributed by atoms with Crippen LogP contribution in [0.25, 0.3) is 11.0 Å². The molecule has 0 saturated carbocycles. The average molecular weight is 413 g/mol. The van der Waals surface area contributed by atoms with Gasteiger partial charge in [-0.2, -0.15) is 0 Å². The molecule has 0 bridgehead atoms. The number of H-pyrrole nitrogens is 1. The van der Waals surface area contributed by atoms with Crippen molar-refractivity contribution in [3.05, 3.63) is 68.0 Å². The summed E-state index contributed by atoms with van der Waals surface area (Å²) in [7, 11) is 0. The van der Waals surface area contributed by atoms with Gasteiger partial charge in [-0.3, -0.25) is 19.1 Å². The Bertz CT molecular complexity index is 1170. The van der Waals surface area contributed by atoms with Crippen LogP contribution in [-0.2, 0) is 6.54 Å². The molecule has 152 valence electrons. The van der Waals surface area contributed by atoms with Crippen LogP contribution in [0.3, 0.4) is 0 Å². The minimum absolute atomic E-state index is 0.232. The van der Waals surface area contributed by atoms with Gasteiger partial charge in [0.2, 0.25) is 0 Å². The highest BCUT2D eigenvalue weighted by atomic mass is 32.2. The largest absolute Gasteiger partial charge is 0.351 e. The number of nitrogens with zero attached hydrogens (tertiary/aromatic N) is 2. The van der Waals surface area contributed by atoms with Crippen molar-refractivity contribution in [2.24, 2.45) is 0 Å². The molecule has 0 spiro atoms. The molecule has 1 aromatic carbocycles. The summed E-state index contributed by atoms with van der Waals surface area (Å²) in [5, 5.41) is 3.08. The zero-order valence-electron chi connectivity index (χ0n) is 16.7. The lowest BCUT2D eigenvalue weighted by Gasteiger charge is -2.09. The molecule has 1 amide bonds. The molecular formula is C21H24N4O3S. The predicted octanol–water partition coefficient (Wildman–Crippen LogP) is 2.63. The molecule has 0 saturated heterocycles. The number of hydrogen-bond donors (Lipinski definition) is 2. The number of carbonyl (C=O) groups excluding carboxylic acids is 1. The fourth-order valence-corrected chi connectivity index (χ4v) is 3.83. The number of hydrogen-bond acceptors (Lipinski definition) is 5. The van der Waals surface area contributed by atoms with E-state index in [2.05, 4.69) is 47.3 Å². The van der Waals surface area contributed by atoms with Gasteiger partial charge in [-0.05, 0) is 49.6 Å². The van der Waals surface area contributed by atoms with Gasteiger partial charge in [0.1, 0.15) is 5.65 Å². The molecular weight excluding hydrogens is 388 g/mol. The molecule has 7 nitrogen and oxygen atoms in total. The minimum Gasteiger partial charge on any atom is -0.351 e. The van der Waals surface area contributed by atoms with Crippen LogP contribution < -0.4 is 16.6 Å². The molecule has 3 aromatic rings. The maximum atomic E-state index is 12.4. The SMILES string of the molecule is CCCn1c(=O)[nH]c(=O)c2cc(C(=O)NCCSc3ccc(C)c(C)c3)cnc21. The highest BCUT2D eigenvalue weighted by Gasteiger charge is 2.12. The first-order chi connectivity index (χ1) is 13.9. The van der Waals surface area contributed by atoms with E-state index >= 15 is 0 Å². The second-order valence-corrected chi connectivity index (χ2v) is 8.02. The maximum Gasteiger partial charge on any atom is 0.329 e. The van der Waals surface area contributed by atoms with Crippen LogP contribution in [0.4, 0.5) is 0 Å².